The molecule has 1 atom stereocenters. The number of pyridine rings is 1. The van der Waals surface area contributed by atoms with Gasteiger partial charge in [0.1, 0.15) is 18.1 Å². The molecule has 8 nitrogen and oxygen atoms in total. The zero-order chi connectivity index (χ0) is 26.8. The van der Waals surface area contributed by atoms with E-state index in [2.05, 4.69) is 21.7 Å². The Hall–Kier alpha value is -3.30. The van der Waals surface area contributed by atoms with Crippen molar-refractivity contribution in [2.45, 2.75) is 43.0 Å². The Bertz CT molecular complexity index is 1390. The summed E-state index contributed by atoms with van der Waals surface area (Å²) in [5, 5.41) is 7.18. The fourth-order valence-corrected chi connectivity index (χ4v) is 6.71. The molecule has 0 bridgehead atoms. The maximum atomic E-state index is 13.0. The molecule has 0 saturated heterocycles. The molecule has 1 aliphatic carbocycles. The summed E-state index contributed by atoms with van der Waals surface area (Å²) in [7, 11) is 1.67. The molecule has 0 radical (unpaired) electrons. The van der Waals surface area contributed by atoms with Gasteiger partial charge in [-0.2, -0.15) is 0 Å². The molecule has 1 unspecified atom stereocenters. The summed E-state index contributed by atoms with van der Waals surface area (Å²) in [6, 6.07) is 11.7. The zero-order valence-corrected chi connectivity index (χ0v) is 22.9. The summed E-state index contributed by atoms with van der Waals surface area (Å²) in [5.74, 6) is 2.96. The number of ether oxygens (including phenoxy) is 3. The van der Waals surface area contributed by atoms with Gasteiger partial charge >= 0.3 is 0 Å². The quantitative estimate of drug-likeness (QED) is 0.408. The summed E-state index contributed by atoms with van der Waals surface area (Å²) in [4.78, 5) is 30.3. The van der Waals surface area contributed by atoms with E-state index in [1.807, 2.05) is 30.5 Å². The molecule has 3 aromatic rings. The van der Waals surface area contributed by atoms with Crippen molar-refractivity contribution in [2.24, 2.45) is 11.8 Å². The van der Waals surface area contributed by atoms with E-state index < -0.39 is 0 Å². The van der Waals surface area contributed by atoms with Crippen molar-refractivity contribution in [2.75, 3.05) is 38.0 Å². The van der Waals surface area contributed by atoms with Gasteiger partial charge in [-0.3, -0.25) is 14.6 Å². The molecule has 1 fully saturated rings. The monoisotopic (exact) mass is 547 g/mol. The standard InChI is InChI=1S/C30H33N3O5S/c1-36-10-11-37-22-7-8-25-23(14-22)24-12-20(16-38-27(24)15-31-25)18-2-5-21(6-3-18)32-30(35)19-4-9-28-26(13-19)33-29(34)17-39-28/h4,7-9,13-15,18,20-21H,2-3,5-6,10-12,16-17H2,1H3,(H,32,35)(H,33,34). The van der Waals surface area contributed by atoms with Crippen molar-refractivity contribution >= 4 is 40.2 Å². The van der Waals surface area contributed by atoms with Gasteiger partial charge in [0.25, 0.3) is 5.91 Å². The minimum Gasteiger partial charge on any atom is -0.491 e. The topological polar surface area (TPSA) is 98.8 Å². The van der Waals surface area contributed by atoms with Gasteiger partial charge < -0.3 is 24.8 Å². The Labute approximate surface area is 232 Å². The van der Waals surface area contributed by atoms with Gasteiger partial charge in [0, 0.05) is 40.5 Å². The molecule has 3 heterocycles. The number of aromatic nitrogens is 1. The number of hydrogen-bond donors (Lipinski definition) is 2. The number of fused-ring (bicyclic) bond motifs is 4. The first kappa shape index (κ1) is 26.0. The van der Waals surface area contributed by atoms with Crippen LogP contribution in [-0.2, 0) is 16.0 Å². The van der Waals surface area contributed by atoms with Crippen molar-refractivity contribution in [1.29, 1.82) is 0 Å². The van der Waals surface area contributed by atoms with Gasteiger partial charge in [-0.05, 0) is 74.4 Å². The van der Waals surface area contributed by atoms with Crippen molar-refractivity contribution in [3.8, 4) is 11.5 Å². The van der Waals surface area contributed by atoms with Crippen LogP contribution in [0, 0.1) is 11.8 Å². The fourth-order valence-electron chi connectivity index (χ4n) is 5.92. The van der Waals surface area contributed by atoms with Gasteiger partial charge in [-0.1, -0.05) is 0 Å². The van der Waals surface area contributed by atoms with Crippen LogP contribution >= 0.6 is 11.8 Å². The summed E-state index contributed by atoms with van der Waals surface area (Å²) < 4.78 is 17.2. The second-order valence-corrected chi connectivity index (χ2v) is 11.5. The van der Waals surface area contributed by atoms with E-state index in [9.17, 15) is 9.59 Å². The summed E-state index contributed by atoms with van der Waals surface area (Å²) >= 11 is 1.50. The minimum atomic E-state index is -0.0801. The summed E-state index contributed by atoms with van der Waals surface area (Å²) in [5.41, 5.74) is 3.47. The fraction of sp³-hybridized carbons (Fsp3) is 0.433. The number of nitrogens with one attached hydrogen (secondary N) is 2. The van der Waals surface area contributed by atoms with E-state index in [1.54, 1.807) is 13.2 Å². The average molecular weight is 548 g/mol. The molecule has 204 valence electrons. The van der Waals surface area contributed by atoms with E-state index in [-0.39, 0.29) is 17.9 Å². The van der Waals surface area contributed by atoms with Crippen LogP contribution in [0.1, 0.15) is 41.6 Å². The predicted molar refractivity (Wildman–Crippen MR) is 151 cm³/mol. The van der Waals surface area contributed by atoms with Crippen molar-refractivity contribution in [3.05, 3.63) is 53.7 Å². The Morgan fingerprint density at radius 1 is 1.13 bits per heavy atom. The lowest BCUT2D eigenvalue weighted by molar-refractivity contribution is -0.113. The number of rotatable bonds is 7. The largest absolute Gasteiger partial charge is 0.491 e. The van der Waals surface area contributed by atoms with Gasteiger partial charge in [0.2, 0.25) is 5.91 Å². The van der Waals surface area contributed by atoms with Crippen LogP contribution in [0.4, 0.5) is 5.69 Å². The highest BCUT2D eigenvalue weighted by Gasteiger charge is 2.32. The van der Waals surface area contributed by atoms with E-state index in [0.717, 1.165) is 65.1 Å². The SMILES string of the molecule is COCCOc1ccc2ncc3c(c2c1)CC(C1CCC(NC(=O)c2ccc4c(c2)NC(=O)CS4)CC1)CO3. The second kappa shape index (κ2) is 11.4. The number of methoxy groups -OCH3 is 1. The van der Waals surface area contributed by atoms with Crippen molar-refractivity contribution < 1.29 is 23.8 Å². The van der Waals surface area contributed by atoms with E-state index in [4.69, 9.17) is 14.2 Å². The first-order chi connectivity index (χ1) is 19.1. The van der Waals surface area contributed by atoms with Crippen LogP contribution in [0.5, 0.6) is 11.5 Å². The molecule has 0 spiro atoms. The van der Waals surface area contributed by atoms with Crippen molar-refractivity contribution in [3.63, 3.8) is 0 Å². The summed E-state index contributed by atoms with van der Waals surface area (Å²) in [6.07, 6.45) is 6.81. The number of anilines is 1. The number of nitrogens with zero attached hydrogens (tertiary/aromatic N) is 1. The molecular formula is C30H33N3O5S. The van der Waals surface area contributed by atoms with Crippen LogP contribution in [0.25, 0.3) is 10.9 Å². The molecule has 2 N–H and O–H groups in total. The van der Waals surface area contributed by atoms with Gasteiger partial charge in [0.05, 0.1) is 36.4 Å². The van der Waals surface area contributed by atoms with Crippen LogP contribution in [0.3, 0.4) is 0 Å². The highest BCUT2D eigenvalue weighted by Crippen LogP contribution is 2.40. The second-order valence-electron chi connectivity index (χ2n) is 10.5. The number of benzene rings is 2. The molecule has 9 heteroatoms. The molecule has 3 aliphatic rings. The number of carbonyl (C=O) groups excluding carboxylic acids is 2. The van der Waals surface area contributed by atoms with Crippen LogP contribution in [-0.4, -0.2) is 55.5 Å². The number of carbonyl (C=O) groups is 2. The normalized spacial score (nSPS) is 22.3. The first-order valence-electron chi connectivity index (χ1n) is 13.6. The third kappa shape index (κ3) is 5.70. The molecule has 2 amide bonds. The lowest BCUT2D eigenvalue weighted by atomic mass is 9.75. The maximum Gasteiger partial charge on any atom is 0.251 e. The van der Waals surface area contributed by atoms with Crippen LogP contribution in [0.2, 0.25) is 0 Å². The molecule has 2 aliphatic heterocycles. The Balaban J connectivity index is 1.07. The van der Waals surface area contributed by atoms with E-state index in [1.165, 1.54) is 17.3 Å². The lowest BCUT2D eigenvalue weighted by Gasteiger charge is -2.36. The predicted octanol–water partition coefficient (Wildman–Crippen LogP) is 4.84. The van der Waals surface area contributed by atoms with Gasteiger partial charge in [-0.25, -0.2) is 0 Å². The van der Waals surface area contributed by atoms with Crippen molar-refractivity contribution in [1.82, 2.24) is 10.3 Å². The number of amides is 2. The third-order valence-corrected chi connectivity index (χ3v) is 9.11. The van der Waals surface area contributed by atoms with Gasteiger partial charge in [0.15, 0.2) is 0 Å². The highest BCUT2D eigenvalue weighted by atomic mass is 32.2. The first-order valence-corrected chi connectivity index (χ1v) is 14.6. The van der Waals surface area contributed by atoms with Gasteiger partial charge in [-0.15, -0.1) is 11.8 Å². The van der Waals surface area contributed by atoms with E-state index >= 15 is 0 Å². The smallest absolute Gasteiger partial charge is 0.251 e. The molecule has 39 heavy (non-hydrogen) atoms. The third-order valence-electron chi connectivity index (χ3n) is 8.04. The maximum absolute atomic E-state index is 13.0. The molecule has 2 aromatic carbocycles. The molecule has 1 saturated carbocycles. The Morgan fingerprint density at radius 3 is 2.85 bits per heavy atom. The zero-order valence-electron chi connectivity index (χ0n) is 22.0. The number of hydrogen-bond acceptors (Lipinski definition) is 7. The summed E-state index contributed by atoms with van der Waals surface area (Å²) in [6.45, 7) is 1.75. The Morgan fingerprint density at radius 2 is 2.00 bits per heavy atom. The lowest BCUT2D eigenvalue weighted by Crippen LogP contribution is -2.40. The highest BCUT2D eigenvalue weighted by molar-refractivity contribution is 8.00. The molecular weight excluding hydrogens is 514 g/mol. The number of thioether (sulfide) groups is 1. The average Bonchev–Trinajstić information content (AvgIpc) is 2.97. The Kier molecular flexibility index (Phi) is 7.61. The molecule has 6 rings (SSSR count). The van der Waals surface area contributed by atoms with Crippen LogP contribution in [0.15, 0.2) is 47.5 Å². The minimum absolute atomic E-state index is 0.0298. The van der Waals surface area contributed by atoms with E-state index in [0.29, 0.717) is 43.0 Å². The molecule has 1 aromatic heterocycles. The van der Waals surface area contributed by atoms with Crippen LogP contribution < -0.4 is 20.1 Å².